The third-order valence-electron chi connectivity index (χ3n) is 4.31. The molecule has 108 valence electrons. The minimum Gasteiger partial charge on any atom is -0.497 e. The number of hydrogen-bond acceptors (Lipinski definition) is 1. The fraction of sp³-hybridized carbons (Fsp3) is 0.263. The number of benzene rings is 2. The largest absolute Gasteiger partial charge is 0.497 e. The van der Waals surface area contributed by atoms with Crippen LogP contribution in [0.2, 0.25) is 0 Å². The summed E-state index contributed by atoms with van der Waals surface area (Å²) >= 11 is 3.67. The maximum atomic E-state index is 5.35. The van der Waals surface area contributed by atoms with E-state index in [2.05, 4.69) is 71.4 Å². The van der Waals surface area contributed by atoms with Gasteiger partial charge in [0, 0.05) is 4.47 Å². The van der Waals surface area contributed by atoms with Gasteiger partial charge in [-0.2, -0.15) is 0 Å². The monoisotopic (exact) mass is 342 g/mol. The quantitative estimate of drug-likeness (QED) is 0.695. The molecule has 1 aliphatic rings. The molecule has 0 amide bonds. The number of ether oxygens (including phenoxy) is 1. The van der Waals surface area contributed by atoms with Gasteiger partial charge in [-0.3, -0.25) is 0 Å². The molecule has 2 aromatic rings. The predicted octanol–water partition coefficient (Wildman–Crippen LogP) is 5.66. The van der Waals surface area contributed by atoms with E-state index < -0.39 is 0 Å². The Labute approximate surface area is 134 Å². The number of rotatable bonds is 4. The minimum absolute atomic E-state index is 0.241. The lowest BCUT2D eigenvalue weighted by Gasteiger charge is -2.10. The molecule has 0 aliphatic heterocycles. The van der Waals surface area contributed by atoms with E-state index in [1.54, 1.807) is 7.11 Å². The van der Waals surface area contributed by atoms with Gasteiger partial charge in [0.05, 0.1) is 7.11 Å². The summed E-state index contributed by atoms with van der Waals surface area (Å²) in [6.45, 7) is 2.32. The molecule has 0 heterocycles. The van der Waals surface area contributed by atoms with E-state index in [0.29, 0.717) is 5.92 Å². The SMILES string of the molecule is COc1ccc(Br)c([C@@H]2C[C@]2(C)/C=C/c2ccccc2)c1. The van der Waals surface area contributed by atoms with E-state index in [1.165, 1.54) is 22.0 Å². The van der Waals surface area contributed by atoms with Gasteiger partial charge in [-0.05, 0) is 47.1 Å². The van der Waals surface area contributed by atoms with E-state index in [-0.39, 0.29) is 5.41 Å². The summed E-state index contributed by atoms with van der Waals surface area (Å²) in [6, 6.07) is 16.7. The molecule has 3 rings (SSSR count). The molecule has 0 unspecified atom stereocenters. The summed E-state index contributed by atoms with van der Waals surface area (Å²) in [6.07, 6.45) is 5.76. The average molecular weight is 343 g/mol. The molecule has 2 aromatic carbocycles. The zero-order chi connectivity index (χ0) is 14.9. The molecule has 0 bridgehead atoms. The molecular weight excluding hydrogens is 324 g/mol. The van der Waals surface area contributed by atoms with Crippen LogP contribution in [0.25, 0.3) is 6.08 Å². The van der Waals surface area contributed by atoms with Crippen LogP contribution in [0.1, 0.15) is 30.4 Å². The first-order valence-corrected chi connectivity index (χ1v) is 7.99. The van der Waals surface area contributed by atoms with Crippen LogP contribution in [0.15, 0.2) is 59.1 Å². The van der Waals surface area contributed by atoms with Crippen molar-refractivity contribution in [2.24, 2.45) is 5.41 Å². The van der Waals surface area contributed by atoms with Crippen molar-refractivity contribution in [3.8, 4) is 5.75 Å². The lowest BCUT2D eigenvalue weighted by Crippen LogP contribution is -1.94. The van der Waals surface area contributed by atoms with Crippen LogP contribution in [-0.2, 0) is 0 Å². The molecule has 1 aliphatic carbocycles. The van der Waals surface area contributed by atoms with E-state index in [0.717, 1.165) is 5.75 Å². The van der Waals surface area contributed by atoms with Crippen LogP contribution in [0.4, 0.5) is 0 Å². The molecular formula is C19H19BrO. The number of methoxy groups -OCH3 is 1. The van der Waals surface area contributed by atoms with Gasteiger partial charge < -0.3 is 4.74 Å². The topological polar surface area (TPSA) is 9.23 Å². The molecule has 2 heteroatoms. The number of allylic oxidation sites excluding steroid dienone is 1. The molecule has 1 saturated carbocycles. The fourth-order valence-corrected chi connectivity index (χ4v) is 3.32. The van der Waals surface area contributed by atoms with Crippen LogP contribution in [0.5, 0.6) is 5.75 Å². The third kappa shape index (κ3) is 3.06. The summed E-state index contributed by atoms with van der Waals surface area (Å²) < 4.78 is 6.52. The van der Waals surface area contributed by atoms with Gasteiger partial charge in [-0.1, -0.05) is 65.3 Å². The molecule has 21 heavy (non-hydrogen) atoms. The van der Waals surface area contributed by atoms with Gasteiger partial charge in [0.15, 0.2) is 0 Å². The second-order valence-corrected chi connectivity index (χ2v) is 6.75. The van der Waals surface area contributed by atoms with Crippen molar-refractivity contribution >= 4 is 22.0 Å². The van der Waals surface area contributed by atoms with Gasteiger partial charge in [0.25, 0.3) is 0 Å². The van der Waals surface area contributed by atoms with Crippen LogP contribution in [0, 0.1) is 5.41 Å². The first-order chi connectivity index (χ1) is 10.1. The standard InChI is InChI=1S/C19H19BrO/c1-19(11-10-14-6-4-3-5-7-14)13-17(19)16-12-15(21-2)8-9-18(16)20/h3-12,17H,13H2,1-2H3/b11-10+/t17-,19-/m0/s1. The Kier molecular flexibility index (Phi) is 3.90. The highest BCUT2D eigenvalue weighted by Crippen LogP contribution is 2.61. The molecule has 0 N–H and O–H groups in total. The zero-order valence-electron chi connectivity index (χ0n) is 12.3. The Morgan fingerprint density at radius 2 is 1.95 bits per heavy atom. The molecule has 0 spiro atoms. The average Bonchev–Trinajstić information content (AvgIpc) is 3.19. The molecule has 1 fully saturated rings. The summed E-state index contributed by atoms with van der Waals surface area (Å²) in [7, 11) is 1.72. The van der Waals surface area contributed by atoms with Crippen molar-refractivity contribution in [1.29, 1.82) is 0 Å². The molecule has 1 nitrogen and oxygen atoms in total. The van der Waals surface area contributed by atoms with Crippen LogP contribution in [0.3, 0.4) is 0 Å². The summed E-state index contributed by atoms with van der Waals surface area (Å²) in [4.78, 5) is 0. The Morgan fingerprint density at radius 3 is 2.67 bits per heavy atom. The third-order valence-corrected chi connectivity index (χ3v) is 5.04. The maximum Gasteiger partial charge on any atom is 0.119 e. The predicted molar refractivity (Wildman–Crippen MR) is 91.6 cm³/mol. The van der Waals surface area contributed by atoms with E-state index in [9.17, 15) is 0 Å². The smallest absolute Gasteiger partial charge is 0.119 e. The second kappa shape index (κ2) is 5.69. The maximum absolute atomic E-state index is 5.35. The number of hydrogen-bond donors (Lipinski definition) is 0. The van der Waals surface area contributed by atoms with Gasteiger partial charge in [0.2, 0.25) is 0 Å². The van der Waals surface area contributed by atoms with Crippen LogP contribution < -0.4 is 4.74 Å². The lowest BCUT2D eigenvalue weighted by atomic mass is 9.99. The highest BCUT2D eigenvalue weighted by molar-refractivity contribution is 9.10. The van der Waals surface area contributed by atoms with Crippen molar-refractivity contribution in [3.63, 3.8) is 0 Å². The van der Waals surface area contributed by atoms with Crippen molar-refractivity contribution in [2.75, 3.05) is 7.11 Å². The van der Waals surface area contributed by atoms with E-state index in [4.69, 9.17) is 4.74 Å². The van der Waals surface area contributed by atoms with Crippen molar-refractivity contribution in [2.45, 2.75) is 19.3 Å². The highest BCUT2D eigenvalue weighted by Gasteiger charge is 2.49. The lowest BCUT2D eigenvalue weighted by molar-refractivity contribution is 0.414. The van der Waals surface area contributed by atoms with Gasteiger partial charge in [-0.15, -0.1) is 0 Å². The van der Waals surface area contributed by atoms with E-state index in [1.807, 2.05) is 12.1 Å². The first-order valence-electron chi connectivity index (χ1n) is 7.20. The Morgan fingerprint density at radius 1 is 1.19 bits per heavy atom. The Hall–Kier alpha value is -1.54. The van der Waals surface area contributed by atoms with Gasteiger partial charge >= 0.3 is 0 Å². The van der Waals surface area contributed by atoms with Crippen molar-refractivity contribution < 1.29 is 4.74 Å². The molecule has 0 radical (unpaired) electrons. The first kappa shape index (κ1) is 14.4. The minimum atomic E-state index is 0.241. The van der Waals surface area contributed by atoms with Crippen molar-refractivity contribution in [1.82, 2.24) is 0 Å². The summed E-state index contributed by atoms with van der Waals surface area (Å²) in [5, 5.41) is 0. The normalized spacial score (nSPS) is 24.2. The van der Waals surface area contributed by atoms with Crippen LogP contribution >= 0.6 is 15.9 Å². The molecule has 0 saturated heterocycles. The summed E-state index contributed by atoms with van der Waals surface area (Å²) in [5.41, 5.74) is 2.84. The van der Waals surface area contributed by atoms with E-state index >= 15 is 0 Å². The van der Waals surface area contributed by atoms with Gasteiger partial charge in [0.1, 0.15) is 5.75 Å². The van der Waals surface area contributed by atoms with Gasteiger partial charge in [-0.25, -0.2) is 0 Å². The highest BCUT2D eigenvalue weighted by atomic mass is 79.9. The number of halogens is 1. The van der Waals surface area contributed by atoms with Crippen LogP contribution in [-0.4, -0.2) is 7.11 Å². The molecule has 0 aromatic heterocycles. The Bertz CT molecular complexity index is 663. The fourth-order valence-electron chi connectivity index (χ4n) is 2.80. The summed E-state index contributed by atoms with van der Waals surface area (Å²) in [5.74, 6) is 1.48. The second-order valence-electron chi connectivity index (χ2n) is 5.89. The molecule has 2 atom stereocenters. The van der Waals surface area contributed by atoms with Crippen molar-refractivity contribution in [3.05, 3.63) is 70.2 Å². The Balaban J connectivity index is 1.80. The zero-order valence-corrected chi connectivity index (χ0v) is 13.9.